The number of nitrogens with zero attached hydrogens (tertiary/aromatic N) is 2. The van der Waals surface area contributed by atoms with Gasteiger partial charge in [-0.25, -0.2) is 0 Å². The summed E-state index contributed by atoms with van der Waals surface area (Å²) in [7, 11) is 0. The molecule has 32 heavy (non-hydrogen) atoms. The third-order valence-electron chi connectivity index (χ3n) is 7.25. The maximum atomic E-state index is 13.0. The smallest absolute Gasteiger partial charge is 0.224 e. The van der Waals surface area contributed by atoms with Crippen LogP contribution in [0, 0.1) is 11.8 Å². The van der Waals surface area contributed by atoms with Gasteiger partial charge in [0.15, 0.2) is 0 Å². The van der Waals surface area contributed by atoms with Crippen LogP contribution in [0.3, 0.4) is 0 Å². The van der Waals surface area contributed by atoms with E-state index in [4.69, 9.17) is 9.47 Å². The molecule has 4 heterocycles. The molecule has 6 heteroatoms. The molecule has 170 valence electrons. The van der Waals surface area contributed by atoms with Gasteiger partial charge in [-0.2, -0.15) is 0 Å². The molecule has 6 nitrogen and oxygen atoms in total. The summed E-state index contributed by atoms with van der Waals surface area (Å²) in [5.74, 6) is 2.25. The molecule has 0 bridgehead atoms. The molecule has 1 aromatic heterocycles. The Bertz CT molecular complexity index is 914. The van der Waals surface area contributed by atoms with Crippen molar-refractivity contribution in [3.05, 3.63) is 53.9 Å². The monoisotopic (exact) mass is 435 g/mol. The van der Waals surface area contributed by atoms with E-state index in [0.717, 1.165) is 75.7 Å². The molecule has 2 atom stereocenters. The number of fused-ring (bicyclic) bond motifs is 2. The molecule has 1 aromatic carbocycles. The van der Waals surface area contributed by atoms with E-state index in [0.29, 0.717) is 30.8 Å². The van der Waals surface area contributed by atoms with Crippen LogP contribution in [-0.4, -0.2) is 48.7 Å². The Balaban J connectivity index is 1.27. The molecule has 0 aliphatic carbocycles. The minimum Gasteiger partial charge on any atom is -0.491 e. The zero-order chi connectivity index (χ0) is 21.8. The number of hydrogen-bond acceptors (Lipinski definition) is 5. The van der Waals surface area contributed by atoms with Crippen LogP contribution in [0.2, 0.25) is 0 Å². The number of carbonyl (C=O) groups is 1. The summed E-state index contributed by atoms with van der Waals surface area (Å²) in [4.78, 5) is 19.9. The molecule has 0 unspecified atom stereocenters. The van der Waals surface area contributed by atoms with Crippen LogP contribution in [0.25, 0.3) is 0 Å². The van der Waals surface area contributed by atoms with E-state index >= 15 is 0 Å². The number of carbonyl (C=O) groups excluding carboxylic acids is 1. The van der Waals surface area contributed by atoms with E-state index in [1.54, 1.807) is 0 Å². The van der Waals surface area contributed by atoms with E-state index in [9.17, 15) is 4.79 Å². The van der Waals surface area contributed by atoms with Crippen LogP contribution < -0.4 is 10.1 Å². The van der Waals surface area contributed by atoms with Crippen LogP contribution in [0.5, 0.6) is 5.75 Å². The van der Waals surface area contributed by atoms with Crippen molar-refractivity contribution in [1.82, 2.24) is 9.88 Å². The van der Waals surface area contributed by atoms with Crippen molar-refractivity contribution in [2.24, 2.45) is 11.8 Å². The number of aromatic nitrogens is 1. The standard InChI is InChI=1S/C26H33N3O3/c30-26-16-21-6-11-29(18-23-3-1-2-10-27-23)17-22(21)9-14-32-25-5-4-20(15-24(25)28-26)19-7-12-31-13-8-19/h1-5,10,15,19,21-22H,6-9,11-14,16-18H2,(H,28,30)/t21-,22-/m0/s1. The van der Waals surface area contributed by atoms with Gasteiger partial charge in [0.25, 0.3) is 0 Å². The number of amides is 1. The van der Waals surface area contributed by atoms with Gasteiger partial charge < -0.3 is 14.8 Å². The Hall–Kier alpha value is -2.44. The second-order valence-electron chi connectivity index (χ2n) is 9.40. The lowest BCUT2D eigenvalue weighted by molar-refractivity contribution is -0.118. The molecule has 2 fully saturated rings. The second kappa shape index (κ2) is 10.0. The first-order chi connectivity index (χ1) is 15.7. The fourth-order valence-corrected chi connectivity index (χ4v) is 5.43. The van der Waals surface area contributed by atoms with Gasteiger partial charge in [-0.1, -0.05) is 12.1 Å². The van der Waals surface area contributed by atoms with Crippen molar-refractivity contribution in [3.8, 4) is 5.75 Å². The first-order valence-electron chi connectivity index (χ1n) is 12.0. The summed E-state index contributed by atoms with van der Waals surface area (Å²) in [5.41, 5.74) is 3.20. The topological polar surface area (TPSA) is 63.7 Å². The minimum absolute atomic E-state index is 0.106. The Morgan fingerprint density at radius 3 is 2.78 bits per heavy atom. The fraction of sp³-hybridized carbons (Fsp3) is 0.538. The lowest BCUT2D eigenvalue weighted by atomic mass is 9.81. The molecule has 1 N–H and O–H groups in total. The number of benzene rings is 1. The third-order valence-corrected chi connectivity index (χ3v) is 7.25. The van der Waals surface area contributed by atoms with Crippen molar-refractivity contribution in [1.29, 1.82) is 0 Å². The summed E-state index contributed by atoms with van der Waals surface area (Å²) in [6, 6.07) is 12.4. The van der Waals surface area contributed by atoms with E-state index in [1.807, 2.05) is 24.4 Å². The highest BCUT2D eigenvalue weighted by molar-refractivity contribution is 5.92. The van der Waals surface area contributed by atoms with Gasteiger partial charge in [0.1, 0.15) is 5.75 Å². The predicted octanol–water partition coefficient (Wildman–Crippen LogP) is 4.23. The summed E-state index contributed by atoms with van der Waals surface area (Å²) in [6.07, 6.45) is 6.52. The summed E-state index contributed by atoms with van der Waals surface area (Å²) >= 11 is 0. The molecule has 3 aliphatic heterocycles. The molecule has 3 aliphatic rings. The average Bonchev–Trinajstić information content (AvgIpc) is 2.82. The highest BCUT2D eigenvalue weighted by Gasteiger charge is 2.32. The average molecular weight is 436 g/mol. The number of pyridine rings is 1. The number of rotatable bonds is 3. The Morgan fingerprint density at radius 2 is 1.94 bits per heavy atom. The summed E-state index contributed by atoms with van der Waals surface area (Å²) < 4.78 is 11.7. The van der Waals surface area contributed by atoms with Crippen LogP contribution in [0.4, 0.5) is 5.69 Å². The van der Waals surface area contributed by atoms with Crippen molar-refractivity contribution in [3.63, 3.8) is 0 Å². The lowest BCUT2D eigenvalue weighted by Crippen LogP contribution is -2.42. The maximum Gasteiger partial charge on any atom is 0.224 e. The van der Waals surface area contributed by atoms with E-state index in [-0.39, 0.29) is 5.91 Å². The Morgan fingerprint density at radius 1 is 1.03 bits per heavy atom. The molecule has 2 saturated heterocycles. The van der Waals surface area contributed by atoms with Crippen molar-refractivity contribution in [2.75, 3.05) is 38.2 Å². The second-order valence-corrected chi connectivity index (χ2v) is 9.40. The molecule has 0 saturated carbocycles. The summed E-state index contributed by atoms with van der Waals surface area (Å²) in [5, 5.41) is 3.17. The SMILES string of the molecule is O=C1C[C@@H]2CCN(Cc3ccccn3)C[C@@H]2CCOc2ccc(C3CCOCC3)cc2N1. The molecule has 0 radical (unpaired) electrons. The first kappa shape index (κ1) is 21.4. The zero-order valence-electron chi connectivity index (χ0n) is 18.7. The van der Waals surface area contributed by atoms with Crippen molar-refractivity contribution >= 4 is 11.6 Å². The molecular formula is C26H33N3O3. The number of hydrogen-bond donors (Lipinski definition) is 1. The zero-order valence-corrected chi connectivity index (χ0v) is 18.7. The number of anilines is 1. The minimum atomic E-state index is 0.106. The van der Waals surface area contributed by atoms with E-state index < -0.39 is 0 Å². The van der Waals surface area contributed by atoms with Gasteiger partial charge in [-0.05, 0) is 79.8 Å². The molecular weight excluding hydrogens is 402 g/mol. The van der Waals surface area contributed by atoms with E-state index in [2.05, 4.69) is 33.4 Å². The number of ether oxygens (including phenoxy) is 2. The number of likely N-dealkylation sites (tertiary alicyclic amines) is 1. The van der Waals surface area contributed by atoms with Gasteiger partial charge in [0, 0.05) is 38.9 Å². The Labute approximate surface area is 190 Å². The molecule has 0 spiro atoms. The van der Waals surface area contributed by atoms with Crippen molar-refractivity contribution < 1.29 is 14.3 Å². The molecule has 5 rings (SSSR count). The molecule has 1 amide bonds. The van der Waals surface area contributed by atoms with Gasteiger partial charge in [-0.3, -0.25) is 14.7 Å². The maximum absolute atomic E-state index is 13.0. The number of nitrogens with one attached hydrogen (secondary N) is 1. The van der Waals surface area contributed by atoms with Gasteiger partial charge in [0.2, 0.25) is 5.91 Å². The Kier molecular flexibility index (Phi) is 6.69. The van der Waals surface area contributed by atoms with Gasteiger partial charge in [0.05, 0.1) is 18.0 Å². The van der Waals surface area contributed by atoms with Gasteiger partial charge >= 0.3 is 0 Å². The predicted molar refractivity (Wildman–Crippen MR) is 124 cm³/mol. The number of piperidine rings is 1. The van der Waals surface area contributed by atoms with Crippen LogP contribution in [-0.2, 0) is 16.1 Å². The van der Waals surface area contributed by atoms with Crippen LogP contribution in [0.1, 0.15) is 49.3 Å². The van der Waals surface area contributed by atoms with Crippen LogP contribution in [0.15, 0.2) is 42.6 Å². The van der Waals surface area contributed by atoms with E-state index in [1.165, 1.54) is 5.56 Å². The first-order valence-corrected chi connectivity index (χ1v) is 12.0. The highest BCUT2D eigenvalue weighted by atomic mass is 16.5. The van der Waals surface area contributed by atoms with Crippen LogP contribution >= 0.6 is 0 Å². The molecule has 2 aromatic rings. The normalized spacial score (nSPS) is 25.2. The third kappa shape index (κ3) is 5.13. The fourth-order valence-electron chi connectivity index (χ4n) is 5.43. The quantitative estimate of drug-likeness (QED) is 0.782. The van der Waals surface area contributed by atoms with Gasteiger partial charge in [-0.15, -0.1) is 0 Å². The van der Waals surface area contributed by atoms with Crippen molar-refractivity contribution in [2.45, 2.75) is 44.6 Å². The summed E-state index contributed by atoms with van der Waals surface area (Å²) in [6.45, 7) is 5.17. The largest absolute Gasteiger partial charge is 0.491 e. The lowest BCUT2D eigenvalue weighted by Gasteiger charge is -2.39. The highest BCUT2D eigenvalue weighted by Crippen LogP contribution is 2.36.